The third-order valence-corrected chi connectivity index (χ3v) is 6.34. The van der Waals surface area contributed by atoms with Crippen molar-refractivity contribution in [3.63, 3.8) is 0 Å². The van der Waals surface area contributed by atoms with Crippen molar-refractivity contribution in [2.24, 2.45) is 0 Å². The minimum Gasteiger partial charge on any atom is -0.491 e. The van der Waals surface area contributed by atoms with Crippen LogP contribution in [0.15, 0.2) is 115 Å². The topological polar surface area (TPSA) is 63.2 Å². The van der Waals surface area contributed by atoms with E-state index in [-0.39, 0.29) is 0 Å². The molecule has 0 N–H and O–H groups in total. The number of aldehydes is 1. The predicted molar refractivity (Wildman–Crippen MR) is 155 cm³/mol. The molecule has 0 bridgehead atoms. The van der Waals surface area contributed by atoms with Crippen molar-refractivity contribution in [1.29, 1.82) is 0 Å². The van der Waals surface area contributed by atoms with Crippen LogP contribution in [0.5, 0.6) is 5.75 Å². The van der Waals surface area contributed by atoms with Crippen molar-refractivity contribution >= 4 is 6.29 Å². The Kier molecular flexibility index (Phi) is 11.9. The smallest absolute Gasteiger partial charge is 0.150 e. The standard InChI is InChI=1S/C34H36O6/c35-28-29-16-18-33(19-17-29)39-26-24-37-22-20-36-21-23-38-25-27-40-34(30-10-4-1-5-11-30,31-12-6-2-7-13-31)32-14-8-3-9-15-32/h1-19,28H,20-27H2. The van der Waals surface area contributed by atoms with Crippen LogP contribution < -0.4 is 4.74 Å². The van der Waals surface area contributed by atoms with Crippen molar-refractivity contribution in [1.82, 2.24) is 0 Å². The minimum absolute atomic E-state index is 0.416. The molecule has 0 radical (unpaired) electrons. The van der Waals surface area contributed by atoms with Gasteiger partial charge in [0.15, 0.2) is 0 Å². The van der Waals surface area contributed by atoms with Crippen LogP contribution in [-0.2, 0) is 24.5 Å². The first-order valence-corrected chi connectivity index (χ1v) is 13.5. The molecule has 6 nitrogen and oxygen atoms in total. The molecule has 6 heteroatoms. The predicted octanol–water partition coefficient (Wildman–Crippen LogP) is 5.94. The molecule has 0 amide bonds. The van der Waals surface area contributed by atoms with Crippen molar-refractivity contribution in [2.75, 3.05) is 52.9 Å². The highest BCUT2D eigenvalue weighted by atomic mass is 16.6. The highest BCUT2D eigenvalue weighted by Gasteiger charge is 2.37. The lowest BCUT2D eigenvalue weighted by molar-refractivity contribution is -0.0373. The normalized spacial score (nSPS) is 11.3. The van der Waals surface area contributed by atoms with E-state index in [2.05, 4.69) is 36.4 Å². The number of carbonyl (C=O) groups is 1. The van der Waals surface area contributed by atoms with Crippen molar-refractivity contribution in [2.45, 2.75) is 5.60 Å². The van der Waals surface area contributed by atoms with Gasteiger partial charge >= 0.3 is 0 Å². The van der Waals surface area contributed by atoms with Gasteiger partial charge in [-0.1, -0.05) is 91.0 Å². The molecule has 0 saturated carbocycles. The Hall–Kier alpha value is -3.81. The molecule has 0 heterocycles. The van der Waals surface area contributed by atoms with Gasteiger partial charge in [0, 0.05) is 5.56 Å². The van der Waals surface area contributed by atoms with Crippen LogP contribution >= 0.6 is 0 Å². The number of carbonyl (C=O) groups excluding carboxylic acids is 1. The molecule has 0 atom stereocenters. The summed E-state index contributed by atoms with van der Waals surface area (Å²) in [5.74, 6) is 0.708. The number of benzene rings is 4. The van der Waals surface area contributed by atoms with Gasteiger partial charge in [-0.25, -0.2) is 0 Å². The van der Waals surface area contributed by atoms with Gasteiger partial charge in [-0.2, -0.15) is 0 Å². The zero-order chi connectivity index (χ0) is 27.7. The third-order valence-electron chi connectivity index (χ3n) is 6.34. The largest absolute Gasteiger partial charge is 0.491 e. The molecule has 0 fully saturated rings. The van der Waals surface area contributed by atoms with Crippen LogP contribution in [0.25, 0.3) is 0 Å². The Labute approximate surface area is 236 Å². The Morgan fingerprint density at radius 1 is 0.475 bits per heavy atom. The molecule has 4 rings (SSSR count). The Balaban J connectivity index is 1.16. The van der Waals surface area contributed by atoms with Crippen LogP contribution in [0.3, 0.4) is 0 Å². The number of ether oxygens (including phenoxy) is 5. The Morgan fingerprint density at radius 2 is 0.875 bits per heavy atom. The number of hydrogen-bond donors (Lipinski definition) is 0. The number of hydrogen-bond acceptors (Lipinski definition) is 6. The van der Waals surface area contributed by atoms with Crippen LogP contribution in [0.2, 0.25) is 0 Å². The van der Waals surface area contributed by atoms with E-state index in [1.54, 1.807) is 24.3 Å². The summed E-state index contributed by atoms with van der Waals surface area (Å²) >= 11 is 0. The van der Waals surface area contributed by atoms with Crippen molar-refractivity contribution in [3.8, 4) is 5.75 Å². The summed E-state index contributed by atoms with van der Waals surface area (Å²) in [5, 5.41) is 0. The summed E-state index contributed by atoms with van der Waals surface area (Å²) in [6.45, 7) is 3.65. The lowest BCUT2D eigenvalue weighted by Crippen LogP contribution is -2.34. The van der Waals surface area contributed by atoms with Gasteiger partial charge in [0.1, 0.15) is 24.2 Å². The highest BCUT2D eigenvalue weighted by molar-refractivity contribution is 5.74. The van der Waals surface area contributed by atoms with Crippen LogP contribution in [0.4, 0.5) is 0 Å². The lowest BCUT2D eigenvalue weighted by Gasteiger charge is -2.36. The summed E-state index contributed by atoms with van der Waals surface area (Å²) in [4.78, 5) is 10.7. The van der Waals surface area contributed by atoms with Crippen LogP contribution in [-0.4, -0.2) is 59.1 Å². The van der Waals surface area contributed by atoms with Crippen molar-refractivity contribution in [3.05, 3.63) is 138 Å². The molecule has 4 aromatic carbocycles. The fourth-order valence-electron chi connectivity index (χ4n) is 4.43. The van der Waals surface area contributed by atoms with E-state index in [1.165, 1.54) is 0 Å². The van der Waals surface area contributed by atoms with E-state index in [1.807, 2.05) is 54.6 Å². The van der Waals surface area contributed by atoms with Gasteiger partial charge in [-0.05, 0) is 41.0 Å². The van der Waals surface area contributed by atoms with E-state index in [0.29, 0.717) is 64.2 Å². The second-order valence-corrected chi connectivity index (χ2v) is 9.00. The van der Waals surface area contributed by atoms with Gasteiger partial charge in [-0.15, -0.1) is 0 Å². The molecule has 0 aromatic heterocycles. The molecule has 0 saturated heterocycles. The van der Waals surface area contributed by atoms with E-state index >= 15 is 0 Å². The first-order chi connectivity index (χ1) is 19.8. The van der Waals surface area contributed by atoms with Crippen LogP contribution in [0.1, 0.15) is 27.0 Å². The molecule has 208 valence electrons. The van der Waals surface area contributed by atoms with E-state index in [9.17, 15) is 4.79 Å². The molecular weight excluding hydrogens is 504 g/mol. The fraction of sp³-hybridized carbons (Fsp3) is 0.265. The lowest BCUT2D eigenvalue weighted by atomic mass is 9.80. The maximum absolute atomic E-state index is 10.7. The van der Waals surface area contributed by atoms with Gasteiger partial charge in [0.05, 0.1) is 46.2 Å². The minimum atomic E-state index is -0.746. The summed E-state index contributed by atoms with van der Waals surface area (Å²) in [6, 6.07) is 37.9. The highest BCUT2D eigenvalue weighted by Crippen LogP contribution is 2.40. The molecule has 0 aliphatic rings. The summed E-state index contributed by atoms with van der Waals surface area (Å²) < 4.78 is 29.3. The van der Waals surface area contributed by atoms with Crippen molar-refractivity contribution < 1.29 is 28.5 Å². The molecule has 0 aliphatic carbocycles. The average Bonchev–Trinajstić information content (AvgIpc) is 3.03. The fourth-order valence-corrected chi connectivity index (χ4v) is 4.43. The molecule has 0 spiro atoms. The molecule has 0 unspecified atom stereocenters. The van der Waals surface area contributed by atoms with Gasteiger partial charge in [-0.3, -0.25) is 4.79 Å². The Bertz CT molecular complexity index is 1130. The number of rotatable bonds is 18. The van der Waals surface area contributed by atoms with Crippen LogP contribution in [0, 0.1) is 0 Å². The molecular formula is C34H36O6. The quantitative estimate of drug-likeness (QED) is 0.0885. The summed E-state index contributed by atoms with van der Waals surface area (Å²) in [7, 11) is 0. The first kappa shape index (κ1) is 29.2. The first-order valence-electron chi connectivity index (χ1n) is 13.5. The van der Waals surface area contributed by atoms with Gasteiger partial charge in [0.2, 0.25) is 0 Å². The summed E-state index contributed by atoms with van der Waals surface area (Å²) in [6.07, 6.45) is 0.806. The summed E-state index contributed by atoms with van der Waals surface area (Å²) in [5.41, 5.74) is 3.08. The van der Waals surface area contributed by atoms with E-state index in [0.717, 1.165) is 23.0 Å². The molecule has 4 aromatic rings. The van der Waals surface area contributed by atoms with Gasteiger partial charge < -0.3 is 23.7 Å². The Morgan fingerprint density at radius 3 is 1.30 bits per heavy atom. The maximum atomic E-state index is 10.7. The zero-order valence-corrected chi connectivity index (χ0v) is 22.7. The van der Waals surface area contributed by atoms with E-state index in [4.69, 9.17) is 23.7 Å². The van der Waals surface area contributed by atoms with E-state index < -0.39 is 5.60 Å². The second kappa shape index (κ2) is 16.3. The monoisotopic (exact) mass is 540 g/mol. The van der Waals surface area contributed by atoms with Gasteiger partial charge in [0.25, 0.3) is 0 Å². The molecule has 40 heavy (non-hydrogen) atoms. The maximum Gasteiger partial charge on any atom is 0.150 e. The second-order valence-electron chi connectivity index (χ2n) is 9.00. The molecule has 0 aliphatic heterocycles. The SMILES string of the molecule is O=Cc1ccc(OCCOCCOCCOCCOC(c2ccccc2)(c2ccccc2)c2ccccc2)cc1. The average molecular weight is 541 g/mol. The zero-order valence-electron chi connectivity index (χ0n) is 22.7. The third kappa shape index (κ3) is 8.34.